The fourth-order valence-electron chi connectivity index (χ4n) is 2.85. The van der Waals surface area contributed by atoms with Crippen LogP contribution < -0.4 is 5.76 Å². The topological polar surface area (TPSA) is 72.4 Å². The van der Waals surface area contributed by atoms with Crippen molar-refractivity contribution in [3.05, 3.63) is 34.3 Å². The van der Waals surface area contributed by atoms with Crippen LogP contribution in [0.15, 0.2) is 27.4 Å². The van der Waals surface area contributed by atoms with E-state index in [4.69, 9.17) is 9.52 Å². The number of hydrogen-bond donors (Lipinski definition) is 1. The van der Waals surface area contributed by atoms with E-state index in [1.165, 1.54) is 0 Å². The summed E-state index contributed by atoms with van der Waals surface area (Å²) >= 11 is 0. The molecule has 1 aromatic heterocycles. The minimum atomic E-state index is -0.776. The second-order valence-electron chi connectivity index (χ2n) is 5.38. The average molecular weight is 275 g/mol. The van der Waals surface area contributed by atoms with Gasteiger partial charge in [0.15, 0.2) is 5.58 Å². The number of aryl methyl sites for hydroxylation is 1. The first-order chi connectivity index (χ1) is 9.60. The van der Waals surface area contributed by atoms with Gasteiger partial charge in [-0.1, -0.05) is 6.07 Å². The predicted octanol–water partition coefficient (Wildman–Crippen LogP) is 2.58. The fraction of sp³-hybridized carbons (Fsp3) is 0.467. The van der Waals surface area contributed by atoms with Crippen LogP contribution in [0.4, 0.5) is 0 Å². The van der Waals surface area contributed by atoms with Crippen molar-refractivity contribution in [1.29, 1.82) is 0 Å². The third-order valence-corrected chi connectivity index (χ3v) is 4.02. The third kappa shape index (κ3) is 2.24. The van der Waals surface area contributed by atoms with Crippen molar-refractivity contribution in [1.82, 2.24) is 4.57 Å². The summed E-state index contributed by atoms with van der Waals surface area (Å²) in [5.74, 6) is -0.646. The molecule has 0 saturated heterocycles. The molecule has 5 heteroatoms. The van der Waals surface area contributed by atoms with E-state index >= 15 is 0 Å². The van der Waals surface area contributed by atoms with Crippen LogP contribution in [0.25, 0.3) is 11.1 Å². The largest absolute Gasteiger partial charge is 0.481 e. The van der Waals surface area contributed by atoms with Crippen molar-refractivity contribution in [3.8, 4) is 0 Å². The lowest BCUT2D eigenvalue weighted by Crippen LogP contribution is -2.12. The number of carboxylic acid groups (broad SMARTS) is 1. The number of benzene rings is 1. The molecule has 1 N–H and O–H groups in total. The van der Waals surface area contributed by atoms with Crippen LogP contribution in [0.3, 0.4) is 0 Å². The summed E-state index contributed by atoms with van der Waals surface area (Å²) in [6, 6.07) is 5.57. The summed E-state index contributed by atoms with van der Waals surface area (Å²) in [5, 5.41) is 9.07. The SMILES string of the molecule is CCn1c(=O)oc2ccc(C(CC(=O)O)C3CC3)cc21. The van der Waals surface area contributed by atoms with Gasteiger partial charge in [-0.3, -0.25) is 9.36 Å². The lowest BCUT2D eigenvalue weighted by molar-refractivity contribution is -0.137. The fourth-order valence-corrected chi connectivity index (χ4v) is 2.85. The molecular formula is C15H17NO4. The van der Waals surface area contributed by atoms with Gasteiger partial charge in [0.1, 0.15) is 0 Å². The molecule has 1 saturated carbocycles. The maximum absolute atomic E-state index is 11.7. The average Bonchev–Trinajstić information content (AvgIpc) is 3.18. The van der Waals surface area contributed by atoms with Crippen LogP contribution in [-0.4, -0.2) is 15.6 Å². The summed E-state index contributed by atoms with van der Waals surface area (Å²) in [7, 11) is 0. The molecule has 0 amide bonds. The molecule has 20 heavy (non-hydrogen) atoms. The van der Waals surface area contributed by atoms with Gasteiger partial charge in [-0.15, -0.1) is 0 Å². The summed E-state index contributed by atoms with van der Waals surface area (Å²) < 4.78 is 6.75. The van der Waals surface area contributed by atoms with Gasteiger partial charge in [0, 0.05) is 6.54 Å². The normalized spacial score (nSPS) is 16.4. The molecule has 1 heterocycles. The van der Waals surface area contributed by atoms with Gasteiger partial charge in [0.2, 0.25) is 0 Å². The highest BCUT2D eigenvalue weighted by molar-refractivity contribution is 5.75. The smallest absolute Gasteiger partial charge is 0.419 e. The quantitative estimate of drug-likeness (QED) is 0.910. The Labute approximate surface area is 115 Å². The molecule has 1 aliphatic carbocycles. The van der Waals surface area contributed by atoms with Gasteiger partial charge in [0.05, 0.1) is 11.9 Å². The molecule has 2 aromatic rings. The van der Waals surface area contributed by atoms with E-state index < -0.39 is 5.97 Å². The summed E-state index contributed by atoms with van der Waals surface area (Å²) in [4.78, 5) is 22.7. The van der Waals surface area contributed by atoms with Gasteiger partial charge in [-0.25, -0.2) is 4.79 Å². The Bertz CT molecular complexity index is 708. The van der Waals surface area contributed by atoms with E-state index in [-0.39, 0.29) is 18.1 Å². The number of aliphatic carboxylic acids is 1. The van der Waals surface area contributed by atoms with Crippen molar-refractivity contribution < 1.29 is 14.3 Å². The zero-order valence-electron chi connectivity index (χ0n) is 11.3. The molecular weight excluding hydrogens is 258 g/mol. The van der Waals surface area contributed by atoms with Crippen LogP contribution in [0.5, 0.6) is 0 Å². The maximum Gasteiger partial charge on any atom is 0.419 e. The highest BCUT2D eigenvalue weighted by Crippen LogP contribution is 2.44. The number of rotatable bonds is 5. The minimum absolute atomic E-state index is 0.0345. The Balaban J connectivity index is 2.06. The van der Waals surface area contributed by atoms with Gasteiger partial charge in [-0.05, 0) is 49.3 Å². The molecule has 1 atom stereocenters. The molecule has 0 radical (unpaired) electrons. The molecule has 1 aromatic carbocycles. The lowest BCUT2D eigenvalue weighted by atomic mass is 9.91. The second kappa shape index (κ2) is 4.81. The minimum Gasteiger partial charge on any atom is -0.481 e. The number of carbonyl (C=O) groups is 1. The van der Waals surface area contributed by atoms with Crippen LogP contribution in [0.2, 0.25) is 0 Å². The molecule has 1 aliphatic rings. The monoisotopic (exact) mass is 275 g/mol. The number of carboxylic acids is 1. The van der Waals surface area contributed by atoms with Crippen molar-refractivity contribution in [3.63, 3.8) is 0 Å². The van der Waals surface area contributed by atoms with Crippen molar-refractivity contribution >= 4 is 17.1 Å². The number of aromatic nitrogens is 1. The number of fused-ring (bicyclic) bond motifs is 1. The van der Waals surface area contributed by atoms with Crippen LogP contribution >= 0.6 is 0 Å². The van der Waals surface area contributed by atoms with Crippen molar-refractivity contribution in [2.45, 2.75) is 38.6 Å². The Morgan fingerprint density at radius 3 is 2.85 bits per heavy atom. The molecule has 0 aliphatic heterocycles. The molecule has 5 nitrogen and oxygen atoms in total. The van der Waals surface area contributed by atoms with Gasteiger partial charge in [0.25, 0.3) is 0 Å². The predicted molar refractivity (Wildman–Crippen MR) is 73.9 cm³/mol. The van der Waals surface area contributed by atoms with E-state index in [0.717, 1.165) is 23.9 Å². The highest BCUT2D eigenvalue weighted by atomic mass is 16.4. The second-order valence-corrected chi connectivity index (χ2v) is 5.38. The van der Waals surface area contributed by atoms with E-state index in [0.29, 0.717) is 18.0 Å². The van der Waals surface area contributed by atoms with Crippen LogP contribution in [-0.2, 0) is 11.3 Å². The van der Waals surface area contributed by atoms with Crippen LogP contribution in [0.1, 0.15) is 37.7 Å². The van der Waals surface area contributed by atoms with E-state index in [9.17, 15) is 9.59 Å². The summed E-state index contributed by atoms with van der Waals surface area (Å²) in [5.41, 5.74) is 2.31. The highest BCUT2D eigenvalue weighted by Gasteiger charge is 2.34. The van der Waals surface area contributed by atoms with Crippen molar-refractivity contribution in [2.75, 3.05) is 0 Å². The molecule has 1 fully saturated rings. The zero-order valence-corrected chi connectivity index (χ0v) is 11.3. The third-order valence-electron chi connectivity index (χ3n) is 4.02. The van der Waals surface area contributed by atoms with Crippen LogP contribution in [0, 0.1) is 5.92 Å². The summed E-state index contributed by atoms with van der Waals surface area (Å²) in [6.45, 7) is 2.43. The van der Waals surface area contributed by atoms with E-state index in [1.807, 2.05) is 19.1 Å². The zero-order chi connectivity index (χ0) is 14.3. The number of nitrogens with zero attached hydrogens (tertiary/aromatic N) is 1. The van der Waals surface area contributed by atoms with Crippen molar-refractivity contribution in [2.24, 2.45) is 5.92 Å². The standard InChI is InChI=1S/C15H17NO4/c1-2-16-12-7-10(5-6-13(12)20-15(16)19)11(8-14(17)18)9-3-4-9/h5-7,9,11H,2-4,8H2,1H3,(H,17,18). The maximum atomic E-state index is 11.7. The molecule has 0 bridgehead atoms. The Kier molecular flexibility index (Phi) is 3.12. The van der Waals surface area contributed by atoms with E-state index in [2.05, 4.69) is 0 Å². The Hall–Kier alpha value is -2.04. The molecule has 1 unspecified atom stereocenters. The summed E-state index contributed by atoms with van der Waals surface area (Å²) in [6.07, 6.45) is 2.31. The lowest BCUT2D eigenvalue weighted by Gasteiger charge is -2.14. The first kappa shape index (κ1) is 13.0. The van der Waals surface area contributed by atoms with Gasteiger partial charge < -0.3 is 9.52 Å². The van der Waals surface area contributed by atoms with Gasteiger partial charge >= 0.3 is 11.7 Å². The molecule has 106 valence electrons. The first-order valence-corrected chi connectivity index (χ1v) is 6.95. The Morgan fingerprint density at radius 2 is 2.25 bits per heavy atom. The molecule has 3 rings (SSSR count). The Morgan fingerprint density at radius 1 is 1.50 bits per heavy atom. The number of hydrogen-bond acceptors (Lipinski definition) is 3. The number of oxazole rings is 1. The first-order valence-electron chi connectivity index (χ1n) is 6.95. The molecule has 0 spiro atoms. The van der Waals surface area contributed by atoms with E-state index in [1.54, 1.807) is 10.6 Å². The van der Waals surface area contributed by atoms with Gasteiger partial charge in [-0.2, -0.15) is 0 Å².